The van der Waals surface area contributed by atoms with Gasteiger partial charge in [0.05, 0.1) is 16.0 Å². The Morgan fingerprint density at radius 2 is 1.78 bits per heavy atom. The maximum absolute atomic E-state index is 11.6. The molecular formula is C15H18N4O4. The number of aromatic nitrogens is 2. The smallest absolute Gasteiger partial charge is 0.314 e. The summed E-state index contributed by atoms with van der Waals surface area (Å²) in [5.41, 5.74) is 0.696. The van der Waals surface area contributed by atoms with E-state index >= 15 is 0 Å². The van der Waals surface area contributed by atoms with Crippen molar-refractivity contribution >= 4 is 16.7 Å². The molecule has 23 heavy (non-hydrogen) atoms. The molecule has 3 rings (SSSR count). The monoisotopic (exact) mass is 318 g/mol. The molecule has 0 radical (unpaired) electrons. The fourth-order valence-corrected chi connectivity index (χ4v) is 3.51. The molecule has 0 fully saturated rings. The van der Waals surface area contributed by atoms with Gasteiger partial charge in [-0.05, 0) is 31.5 Å². The molecule has 1 heterocycles. The zero-order valence-corrected chi connectivity index (χ0v) is 13.0. The third-order valence-corrected chi connectivity index (χ3v) is 4.62. The Balaban J connectivity index is 2.24. The molecule has 122 valence electrons. The first-order valence-corrected chi connectivity index (χ1v) is 7.65. The molecule has 2 N–H and O–H groups in total. The van der Waals surface area contributed by atoms with E-state index in [0.29, 0.717) is 29.4 Å². The van der Waals surface area contributed by atoms with Crippen molar-refractivity contribution in [3.63, 3.8) is 0 Å². The molecule has 0 amide bonds. The lowest BCUT2D eigenvalue weighted by atomic mass is 10.1. The minimum atomic E-state index is -0.801. The highest BCUT2D eigenvalue weighted by Gasteiger charge is 2.33. The second kappa shape index (κ2) is 5.62. The topological polar surface area (TPSA) is 112 Å². The lowest BCUT2D eigenvalue weighted by Crippen LogP contribution is -2.35. The summed E-state index contributed by atoms with van der Waals surface area (Å²) >= 11 is 0. The maximum Gasteiger partial charge on any atom is 0.314 e. The van der Waals surface area contributed by atoms with Crippen LogP contribution in [0.5, 0.6) is 0 Å². The van der Waals surface area contributed by atoms with Crippen LogP contribution in [-0.4, -0.2) is 38.9 Å². The molecule has 0 bridgehead atoms. The second-order valence-electron chi connectivity index (χ2n) is 5.72. The van der Waals surface area contributed by atoms with Crippen LogP contribution < -0.4 is 11.1 Å². The molecule has 0 aliphatic heterocycles. The molecule has 1 aromatic heterocycles. The Bertz CT molecular complexity index is 895. The number of nitro groups is 1. The molecule has 0 saturated heterocycles. The first-order chi connectivity index (χ1) is 11.0. The standard InChI is InChI=1S/C15H18N4O4/c1-3-18(4-2)8-5-9-10(6-8)13-11(7-12(9)19(22)23)16-14(20)15(21)17-13/h7-8H,3-6H2,1-2H3,(H,16,20)(H,17,21). The van der Waals surface area contributed by atoms with E-state index in [4.69, 9.17) is 0 Å². The highest BCUT2D eigenvalue weighted by molar-refractivity contribution is 5.83. The average molecular weight is 318 g/mol. The molecule has 1 atom stereocenters. The number of nitrogens with one attached hydrogen (secondary N) is 2. The van der Waals surface area contributed by atoms with Gasteiger partial charge in [0.25, 0.3) is 5.69 Å². The molecule has 2 aromatic rings. The largest absolute Gasteiger partial charge is 0.316 e. The van der Waals surface area contributed by atoms with Crippen LogP contribution in [0.4, 0.5) is 5.69 Å². The Labute approximate surface area is 131 Å². The number of hydrogen-bond donors (Lipinski definition) is 2. The fraction of sp³-hybridized carbons (Fsp3) is 0.467. The van der Waals surface area contributed by atoms with E-state index in [0.717, 1.165) is 18.7 Å². The number of benzene rings is 1. The number of hydrogen-bond acceptors (Lipinski definition) is 5. The van der Waals surface area contributed by atoms with E-state index in [1.165, 1.54) is 6.07 Å². The van der Waals surface area contributed by atoms with Gasteiger partial charge >= 0.3 is 11.1 Å². The van der Waals surface area contributed by atoms with Crippen molar-refractivity contribution in [1.29, 1.82) is 0 Å². The fourth-order valence-electron chi connectivity index (χ4n) is 3.51. The number of fused-ring (bicyclic) bond motifs is 3. The van der Waals surface area contributed by atoms with Crippen LogP contribution in [0.2, 0.25) is 0 Å². The van der Waals surface area contributed by atoms with Crippen LogP contribution in [0.25, 0.3) is 11.0 Å². The summed E-state index contributed by atoms with van der Waals surface area (Å²) in [6.07, 6.45) is 1.20. The van der Waals surface area contributed by atoms with Gasteiger partial charge in [-0.3, -0.25) is 19.7 Å². The molecule has 0 spiro atoms. The van der Waals surface area contributed by atoms with Crippen LogP contribution in [0, 0.1) is 10.1 Å². The minimum Gasteiger partial charge on any atom is -0.316 e. The Hall–Kier alpha value is -2.48. The summed E-state index contributed by atoms with van der Waals surface area (Å²) in [7, 11) is 0. The van der Waals surface area contributed by atoms with Gasteiger partial charge < -0.3 is 14.9 Å². The van der Waals surface area contributed by atoms with Crippen LogP contribution >= 0.6 is 0 Å². The van der Waals surface area contributed by atoms with E-state index in [2.05, 4.69) is 28.7 Å². The SMILES string of the molecule is CCN(CC)C1Cc2c([N+](=O)[O-])cc3[nH]c(=O)c(=O)[nH]c3c2C1. The lowest BCUT2D eigenvalue weighted by Gasteiger charge is -2.25. The Morgan fingerprint density at radius 3 is 2.39 bits per heavy atom. The molecule has 1 aliphatic rings. The van der Waals surface area contributed by atoms with E-state index < -0.39 is 16.0 Å². The van der Waals surface area contributed by atoms with Crippen molar-refractivity contribution in [3.8, 4) is 0 Å². The predicted octanol–water partition coefficient (Wildman–Crippen LogP) is 0.934. The Morgan fingerprint density at radius 1 is 1.17 bits per heavy atom. The van der Waals surface area contributed by atoms with Crippen molar-refractivity contribution in [3.05, 3.63) is 48.0 Å². The Kier molecular flexibility index (Phi) is 3.77. The van der Waals surface area contributed by atoms with Crippen LogP contribution in [0.15, 0.2) is 15.7 Å². The summed E-state index contributed by atoms with van der Waals surface area (Å²) in [6.45, 7) is 5.82. The third kappa shape index (κ3) is 2.44. The average Bonchev–Trinajstić information content (AvgIpc) is 2.94. The number of H-pyrrole nitrogens is 2. The van der Waals surface area contributed by atoms with Crippen LogP contribution in [-0.2, 0) is 12.8 Å². The number of nitro benzene ring substituents is 1. The lowest BCUT2D eigenvalue weighted by molar-refractivity contribution is -0.385. The van der Waals surface area contributed by atoms with Gasteiger partial charge in [-0.2, -0.15) is 0 Å². The van der Waals surface area contributed by atoms with E-state index in [1.807, 2.05) is 0 Å². The third-order valence-electron chi connectivity index (χ3n) is 4.62. The van der Waals surface area contributed by atoms with Crippen molar-refractivity contribution in [2.75, 3.05) is 13.1 Å². The first-order valence-electron chi connectivity index (χ1n) is 7.65. The minimum absolute atomic E-state index is 0.00450. The van der Waals surface area contributed by atoms with Gasteiger partial charge in [-0.25, -0.2) is 0 Å². The normalized spacial score (nSPS) is 16.9. The van der Waals surface area contributed by atoms with Gasteiger partial charge in [-0.15, -0.1) is 0 Å². The molecule has 8 nitrogen and oxygen atoms in total. The van der Waals surface area contributed by atoms with Gasteiger partial charge in [-0.1, -0.05) is 13.8 Å². The van der Waals surface area contributed by atoms with Gasteiger partial charge in [0.2, 0.25) is 0 Å². The molecule has 1 unspecified atom stereocenters. The highest BCUT2D eigenvalue weighted by atomic mass is 16.6. The molecule has 8 heteroatoms. The van der Waals surface area contributed by atoms with Crippen molar-refractivity contribution in [2.45, 2.75) is 32.7 Å². The maximum atomic E-state index is 11.6. The first kappa shape index (κ1) is 15.4. The quantitative estimate of drug-likeness (QED) is 0.495. The second-order valence-corrected chi connectivity index (χ2v) is 5.72. The van der Waals surface area contributed by atoms with Crippen LogP contribution in [0.1, 0.15) is 25.0 Å². The van der Waals surface area contributed by atoms with Crippen molar-refractivity contribution in [2.24, 2.45) is 0 Å². The van der Waals surface area contributed by atoms with Gasteiger partial charge in [0.1, 0.15) is 0 Å². The van der Waals surface area contributed by atoms with Gasteiger partial charge in [0.15, 0.2) is 0 Å². The summed E-state index contributed by atoms with van der Waals surface area (Å²) in [4.78, 5) is 41.4. The van der Waals surface area contributed by atoms with E-state index in [9.17, 15) is 19.7 Å². The summed E-state index contributed by atoms with van der Waals surface area (Å²) in [6, 6.07) is 1.51. The van der Waals surface area contributed by atoms with Gasteiger partial charge in [0, 0.05) is 17.7 Å². The summed E-state index contributed by atoms with van der Waals surface area (Å²) in [5, 5.41) is 11.4. The predicted molar refractivity (Wildman–Crippen MR) is 86.0 cm³/mol. The number of rotatable bonds is 4. The molecular weight excluding hydrogens is 300 g/mol. The molecule has 0 saturated carbocycles. The number of nitrogens with zero attached hydrogens (tertiary/aromatic N) is 2. The summed E-state index contributed by atoms with van der Waals surface area (Å²) in [5.74, 6) is 0. The molecule has 1 aliphatic carbocycles. The highest BCUT2D eigenvalue weighted by Crippen LogP contribution is 2.36. The summed E-state index contributed by atoms with van der Waals surface area (Å²) < 4.78 is 0. The van der Waals surface area contributed by atoms with Crippen molar-refractivity contribution < 1.29 is 4.92 Å². The zero-order valence-electron chi connectivity index (χ0n) is 13.0. The zero-order chi connectivity index (χ0) is 16.7. The number of aromatic amines is 2. The van der Waals surface area contributed by atoms with Crippen molar-refractivity contribution in [1.82, 2.24) is 14.9 Å². The van der Waals surface area contributed by atoms with E-state index in [-0.39, 0.29) is 11.7 Å². The number of likely N-dealkylation sites (N-methyl/N-ethyl adjacent to an activating group) is 1. The van der Waals surface area contributed by atoms with Crippen LogP contribution in [0.3, 0.4) is 0 Å². The molecule has 1 aromatic carbocycles. The van der Waals surface area contributed by atoms with E-state index in [1.54, 1.807) is 0 Å².